The number of pyridine rings is 1. The normalized spacial score (nSPS) is 14.4. The van der Waals surface area contributed by atoms with Crippen molar-refractivity contribution in [3.63, 3.8) is 0 Å². The molecule has 110 valence electrons. The number of nitro groups is 1. The Morgan fingerprint density at radius 1 is 1.55 bits per heavy atom. The maximum absolute atomic E-state index is 12.8. The van der Waals surface area contributed by atoms with Crippen molar-refractivity contribution in [1.82, 2.24) is 4.98 Å². The molecule has 0 aliphatic carbocycles. The number of hydrogen-bond donors (Lipinski definition) is 2. The molecule has 2 N–H and O–H groups in total. The second-order valence-electron chi connectivity index (χ2n) is 3.83. The number of alkyl halides is 3. The zero-order valence-corrected chi connectivity index (χ0v) is 11.3. The molecule has 1 rings (SSSR count). The van der Waals surface area contributed by atoms with E-state index in [-0.39, 0.29) is 4.47 Å². The maximum atomic E-state index is 12.8. The maximum Gasteiger partial charge on any atom is 0.422 e. The lowest BCUT2D eigenvalue weighted by molar-refractivity contribution is -0.384. The van der Waals surface area contributed by atoms with Crippen LogP contribution in [0.1, 0.15) is 6.92 Å². The lowest BCUT2D eigenvalue weighted by Gasteiger charge is -2.28. The minimum absolute atomic E-state index is 0.166. The predicted octanol–water partition coefficient (Wildman–Crippen LogP) is 2.57. The van der Waals surface area contributed by atoms with Gasteiger partial charge in [0.05, 0.1) is 4.92 Å². The van der Waals surface area contributed by atoms with E-state index in [1.54, 1.807) is 5.32 Å². The smallest absolute Gasteiger partial charge is 0.422 e. The largest absolute Gasteiger partial charge is 0.479 e. The number of rotatable bonds is 4. The van der Waals surface area contributed by atoms with Crippen molar-refractivity contribution in [2.24, 2.45) is 0 Å². The molecular formula is C9H7BrF3N3O4. The molecule has 0 aliphatic heterocycles. The zero-order chi connectivity index (χ0) is 15.7. The Kier molecular flexibility index (Phi) is 4.22. The molecule has 0 saturated heterocycles. The molecule has 7 nitrogen and oxygen atoms in total. The van der Waals surface area contributed by atoms with Crippen molar-refractivity contribution in [3.8, 4) is 0 Å². The number of aromatic nitrogens is 1. The summed E-state index contributed by atoms with van der Waals surface area (Å²) in [5.74, 6) is -3.02. The molecule has 1 unspecified atom stereocenters. The summed E-state index contributed by atoms with van der Waals surface area (Å²) in [5, 5.41) is 21.1. The fourth-order valence-corrected chi connectivity index (χ4v) is 1.47. The SMILES string of the molecule is CC(Nc1ncc(Br)cc1[N+](=O)[O-])(C(=O)O)C(F)(F)F. The predicted molar refractivity (Wildman–Crippen MR) is 64.3 cm³/mol. The summed E-state index contributed by atoms with van der Waals surface area (Å²) in [6, 6.07) is 0.911. The van der Waals surface area contributed by atoms with Crippen LogP contribution in [-0.2, 0) is 4.79 Å². The van der Waals surface area contributed by atoms with Crippen molar-refractivity contribution < 1.29 is 28.0 Å². The van der Waals surface area contributed by atoms with Crippen LogP contribution in [0.2, 0.25) is 0 Å². The van der Waals surface area contributed by atoms with E-state index in [1.165, 1.54) is 0 Å². The highest BCUT2D eigenvalue weighted by atomic mass is 79.9. The Bertz CT molecular complexity index is 566. The fourth-order valence-electron chi connectivity index (χ4n) is 1.15. The van der Waals surface area contributed by atoms with Crippen LogP contribution in [0.15, 0.2) is 16.7 Å². The molecule has 0 aromatic carbocycles. The molecule has 0 radical (unpaired) electrons. The van der Waals surface area contributed by atoms with Crippen molar-refractivity contribution in [2.45, 2.75) is 18.6 Å². The van der Waals surface area contributed by atoms with Crippen molar-refractivity contribution >= 4 is 33.4 Å². The Balaban J connectivity index is 3.33. The van der Waals surface area contributed by atoms with Gasteiger partial charge in [0.15, 0.2) is 0 Å². The average Bonchev–Trinajstić information content (AvgIpc) is 2.29. The summed E-state index contributed by atoms with van der Waals surface area (Å²) in [4.78, 5) is 24.0. The van der Waals surface area contributed by atoms with Crippen LogP contribution < -0.4 is 5.32 Å². The van der Waals surface area contributed by atoms with Crippen LogP contribution in [0.4, 0.5) is 24.7 Å². The van der Waals surface area contributed by atoms with Gasteiger partial charge in [-0.1, -0.05) is 0 Å². The molecule has 0 fully saturated rings. The van der Waals surface area contributed by atoms with Gasteiger partial charge in [-0.05, 0) is 22.9 Å². The first-order valence-electron chi connectivity index (χ1n) is 4.87. The number of hydrogen-bond acceptors (Lipinski definition) is 5. The number of nitrogens with zero attached hydrogens (tertiary/aromatic N) is 2. The summed E-state index contributed by atoms with van der Waals surface area (Å²) >= 11 is 2.88. The fraction of sp³-hybridized carbons (Fsp3) is 0.333. The molecule has 20 heavy (non-hydrogen) atoms. The number of anilines is 1. The molecule has 0 amide bonds. The number of aliphatic carboxylic acids is 1. The van der Waals surface area contributed by atoms with Crippen LogP contribution >= 0.6 is 15.9 Å². The quantitative estimate of drug-likeness (QED) is 0.633. The molecule has 11 heteroatoms. The van der Waals surface area contributed by atoms with E-state index in [4.69, 9.17) is 5.11 Å². The number of nitrogens with one attached hydrogen (secondary N) is 1. The molecule has 1 atom stereocenters. The molecule has 1 aromatic rings. The lowest BCUT2D eigenvalue weighted by atomic mass is 10.0. The van der Waals surface area contributed by atoms with E-state index in [1.807, 2.05) is 0 Å². The first-order chi connectivity index (χ1) is 8.99. The van der Waals surface area contributed by atoms with E-state index in [9.17, 15) is 28.1 Å². The summed E-state index contributed by atoms with van der Waals surface area (Å²) in [5.41, 5.74) is -4.19. The van der Waals surface area contributed by atoms with Crippen LogP contribution in [0.5, 0.6) is 0 Å². The molecule has 1 heterocycles. The van der Waals surface area contributed by atoms with Gasteiger partial charge in [-0.15, -0.1) is 0 Å². The summed E-state index contributed by atoms with van der Waals surface area (Å²) in [6.45, 7) is 0.350. The van der Waals surface area contributed by atoms with Crippen LogP contribution in [0, 0.1) is 10.1 Å². The van der Waals surface area contributed by atoms with Gasteiger partial charge < -0.3 is 10.4 Å². The third kappa shape index (κ3) is 2.98. The topological polar surface area (TPSA) is 105 Å². The van der Waals surface area contributed by atoms with Gasteiger partial charge in [-0.2, -0.15) is 13.2 Å². The number of carboxylic acid groups (broad SMARTS) is 1. The number of carboxylic acids is 1. The van der Waals surface area contributed by atoms with Gasteiger partial charge >= 0.3 is 17.8 Å². The van der Waals surface area contributed by atoms with Crippen LogP contribution in [0.3, 0.4) is 0 Å². The number of carbonyl (C=O) groups is 1. The van der Waals surface area contributed by atoms with Gasteiger partial charge in [0.2, 0.25) is 11.4 Å². The zero-order valence-electron chi connectivity index (χ0n) is 9.73. The Hall–Kier alpha value is -1.91. The van der Waals surface area contributed by atoms with E-state index < -0.39 is 34.1 Å². The molecule has 1 aromatic heterocycles. The van der Waals surface area contributed by atoms with E-state index >= 15 is 0 Å². The van der Waals surface area contributed by atoms with Gasteiger partial charge in [-0.3, -0.25) is 10.1 Å². The van der Waals surface area contributed by atoms with Crippen molar-refractivity contribution in [3.05, 3.63) is 26.9 Å². The second kappa shape index (κ2) is 5.23. The van der Waals surface area contributed by atoms with Crippen molar-refractivity contribution in [1.29, 1.82) is 0 Å². The summed E-state index contributed by atoms with van der Waals surface area (Å²) < 4.78 is 38.6. The van der Waals surface area contributed by atoms with Gasteiger partial charge in [0, 0.05) is 16.7 Å². The molecular weight excluding hydrogens is 351 g/mol. The van der Waals surface area contributed by atoms with Crippen molar-refractivity contribution in [2.75, 3.05) is 5.32 Å². The standard InChI is InChI=1S/C9H7BrF3N3O4/c1-8(7(17)18,9(11,12)13)15-6-5(16(19)20)2-4(10)3-14-6/h2-3H,1H3,(H,14,15)(H,17,18). The highest BCUT2D eigenvalue weighted by Crippen LogP contribution is 2.36. The Morgan fingerprint density at radius 2 is 2.10 bits per heavy atom. The summed E-state index contributed by atoms with van der Waals surface area (Å²) in [7, 11) is 0. The molecule has 0 spiro atoms. The Labute approximate surface area is 118 Å². The highest BCUT2D eigenvalue weighted by Gasteiger charge is 2.58. The minimum atomic E-state index is -5.18. The van der Waals surface area contributed by atoms with Gasteiger partial charge in [-0.25, -0.2) is 9.78 Å². The van der Waals surface area contributed by atoms with Crippen LogP contribution in [-0.4, -0.2) is 32.7 Å². The lowest BCUT2D eigenvalue weighted by Crippen LogP contribution is -2.55. The van der Waals surface area contributed by atoms with Gasteiger partial charge in [0.1, 0.15) is 0 Å². The first-order valence-corrected chi connectivity index (χ1v) is 5.66. The molecule has 0 aliphatic rings. The third-order valence-corrected chi connectivity index (χ3v) is 2.83. The first kappa shape index (κ1) is 16.1. The van der Waals surface area contributed by atoms with Crippen LogP contribution in [0.25, 0.3) is 0 Å². The van der Waals surface area contributed by atoms with E-state index in [2.05, 4.69) is 20.9 Å². The molecule has 0 saturated carbocycles. The highest BCUT2D eigenvalue weighted by molar-refractivity contribution is 9.10. The third-order valence-electron chi connectivity index (χ3n) is 2.39. The monoisotopic (exact) mass is 357 g/mol. The molecule has 0 bridgehead atoms. The van der Waals surface area contributed by atoms with Gasteiger partial charge in [0.25, 0.3) is 0 Å². The minimum Gasteiger partial charge on any atom is -0.479 e. The summed E-state index contributed by atoms with van der Waals surface area (Å²) in [6.07, 6.45) is -4.17. The van der Waals surface area contributed by atoms with E-state index in [0.717, 1.165) is 12.3 Å². The Morgan fingerprint density at radius 3 is 2.50 bits per heavy atom. The second-order valence-corrected chi connectivity index (χ2v) is 4.75. The van der Waals surface area contributed by atoms with E-state index in [0.29, 0.717) is 6.92 Å². The number of halogens is 4. The average molecular weight is 358 g/mol.